The summed E-state index contributed by atoms with van der Waals surface area (Å²) in [4.78, 5) is 0.828. The highest BCUT2D eigenvalue weighted by Crippen LogP contribution is 2.27. The highest BCUT2D eigenvalue weighted by atomic mass is 32.2. The van der Waals surface area contributed by atoms with E-state index >= 15 is 0 Å². The molecular formula is C13H19NOS. The van der Waals surface area contributed by atoms with E-state index in [1.165, 1.54) is 25.7 Å². The molecule has 0 amide bonds. The molecule has 0 spiro atoms. The van der Waals surface area contributed by atoms with E-state index < -0.39 is 10.8 Å². The van der Waals surface area contributed by atoms with Crippen LogP contribution in [0.25, 0.3) is 0 Å². The van der Waals surface area contributed by atoms with E-state index in [2.05, 4.69) is 0 Å². The van der Waals surface area contributed by atoms with Crippen LogP contribution >= 0.6 is 0 Å². The van der Waals surface area contributed by atoms with Crippen molar-refractivity contribution in [2.75, 3.05) is 5.73 Å². The maximum absolute atomic E-state index is 12.4. The van der Waals surface area contributed by atoms with Crippen LogP contribution in [0, 0.1) is 0 Å². The molecule has 88 valence electrons. The summed E-state index contributed by atoms with van der Waals surface area (Å²) >= 11 is 0. The third-order valence-corrected chi connectivity index (χ3v) is 5.12. The van der Waals surface area contributed by atoms with Crippen molar-refractivity contribution in [3.8, 4) is 0 Å². The monoisotopic (exact) mass is 237 g/mol. The molecule has 0 aliphatic heterocycles. The van der Waals surface area contributed by atoms with Crippen molar-refractivity contribution >= 4 is 16.5 Å². The van der Waals surface area contributed by atoms with E-state index in [0.717, 1.165) is 17.7 Å². The zero-order valence-corrected chi connectivity index (χ0v) is 10.3. The molecule has 1 atom stereocenters. The number of para-hydroxylation sites is 1. The van der Waals surface area contributed by atoms with Crippen molar-refractivity contribution < 1.29 is 4.21 Å². The smallest absolute Gasteiger partial charge is 0.0620 e. The average Bonchev–Trinajstić information content (AvgIpc) is 2.57. The second-order valence-electron chi connectivity index (χ2n) is 4.45. The largest absolute Gasteiger partial charge is 0.398 e. The van der Waals surface area contributed by atoms with Crippen LogP contribution in [0.1, 0.15) is 38.5 Å². The lowest BCUT2D eigenvalue weighted by molar-refractivity contribution is 0.642. The van der Waals surface area contributed by atoms with Gasteiger partial charge in [0.15, 0.2) is 0 Å². The van der Waals surface area contributed by atoms with Gasteiger partial charge in [0, 0.05) is 10.9 Å². The molecule has 2 N–H and O–H groups in total. The Labute approximate surface area is 99.7 Å². The quantitative estimate of drug-likeness (QED) is 0.634. The van der Waals surface area contributed by atoms with Crippen molar-refractivity contribution in [3.63, 3.8) is 0 Å². The Bertz CT molecular complexity index is 370. The molecule has 16 heavy (non-hydrogen) atoms. The van der Waals surface area contributed by atoms with Crippen LogP contribution in [0.3, 0.4) is 0 Å². The third kappa shape index (κ3) is 2.64. The Morgan fingerprint density at radius 1 is 1.06 bits per heavy atom. The lowest BCUT2D eigenvalue weighted by Gasteiger charge is -2.14. The first kappa shape index (κ1) is 11.6. The molecule has 3 heteroatoms. The molecule has 0 radical (unpaired) electrons. The molecule has 0 saturated heterocycles. The Hall–Kier alpha value is -0.830. The molecule has 1 unspecified atom stereocenters. The van der Waals surface area contributed by atoms with E-state index in [9.17, 15) is 4.21 Å². The molecule has 1 fully saturated rings. The van der Waals surface area contributed by atoms with Crippen molar-refractivity contribution in [1.29, 1.82) is 0 Å². The van der Waals surface area contributed by atoms with Crippen LogP contribution in [-0.4, -0.2) is 9.46 Å². The van der Waals surface area contributed by atoms with Gasteiger partial charge in [0.1, 0.15) is 0 Å². The second kappa shape index (κ2) is 5.48. The number of nitrogen functional groups attached to an aromatic ring is 1. The fourth-order valence-corrected chi connectivity index (χ4v) is 3.93. The summed E-state index contributed by atoms with van der Waals surface area (Å²) in [5.74, 6) is 0. The van der Waals surface area contributed by atoms with Crippen molar-refractivity contribution in [3.05, 3.63) is 24.3 Å². The van der Waals surface area contributed by atoms with Gasteiger partial charge in [0.05, 0.1) is 15.7 Å². The van der Waals surface area contributed by atoms with Crippen molar-refractivity contribution in [2.45, 2.75) is 48.7 Å². The van der Waals surface area contributed by atoms with E-state index in [1.807, 2.05) is 24.3 Å². The number of nitrogens with two attached hydrogens (primary N) is 1. The van der Waals surface area contributed by atoms with Gasteiger partial charge in [-0.05, 0) is 25.0 Å². The van der Waals surface area contributed by atoms with Gasteiger partial charge in [-0.1, -0.05) is 37.8 Å². The fourth-order valence-electron chi connectivity index (χ4n) is 2.30. The minimum absolute atomic E-state index is 0.312. The lowest BCUT2D eigenvalue weighted by atomic mass is 10.2. The SMILES string of the molecule is Nc1ccccc1S(=O)C1CCCCCC1. The Balaban J connectivity index is 2.14. The molecule has 1 aliphatic carbocycles. The summed E-state index contributed by atoms with van der Waals surface area (Å²) in [7, 11) is -0.918. The topological polar surface area (TPSA) is 43.1 Å². The number of rotatable bonds is 2. The van der Waals surface area contributed by atoms with Gasteiger partial charge in [-0.15, -0.1) is 0 Å². The molecule has 0 heterocycles. The molecule has 1 saturated carbocycles. The van der Waals surface area contributed by atoms with Gasteiger partial charge in [-0.2, -0.15) is 0 Å². The van der Waals surface area contributed by atoms with E-state index in [1.54, 1.807) is 0 Å². The van der Waals surface area contributed by atoms with Crippen LogP contribution in [0.5, 0.6) is 0 Å². The molecule has 1 aliphatic rings. The van der Waals surface area contributed by atoms with Crippen molar-refractivity contribution in [2.24, 2.45) is 0 Å². The second-order valence-corrected chi connectivity index (χ2v) is 6.15. The predicted molar refractivity (Wildman–Crippen MR) is 68.8 cm³/mol. The van der Waals surface area contributed by atoms with Gasteiger partial charge >= 0.3 is 0 Å². The molecule has 1 aromatic rings. The standard InChI is InChI=1S/C13H19NOS/c14-12-9-5-6-10-13(12)16(15)11-7-3-1-2-4-8-11/h5-6,9-11H,1-4,7-8,14H2. The summed E-state index contributed by atoms with van der Waals surface area (Å²) in [6.07, 6.45) is 7.17. The number of anilines is 1. The molecule has 2 rings (SSSR count). The Morgan fingerprint density at radius 3 is 2.31 bits per heavy atom. The first-order valence-corrected chi connectivity index (χ1v) is 7.25. The first-order chi connectivity index (χ1) is 7.79. The summed E-state index contributed by atoms with van der Waals surface area (Å²) in [6, 6.07) is 7.55. The fraction of sp³-hybridized carbons (Fsp3) is 0.538. The van der Waals surface area contributed by atoms with Crippen LogP contribution in [0.4, 0.5) is 5.69 Å². The number of benzene rings is 1. The minimum Gasteiger partial charge on any atom is -0.398 e. The Morgan fingerprint density at radius 2 is 1.69 bits per heavy atom. The van der Waals surface area contributed by atoms with E-state index in [0.29, 0.717) is 10.9 Å². The zero-order chi connectivity index (χ0) is 11.4. The van der Waals surface area contributed by atoms with Crippen LogP contribution < -0.4 is 5.73 Å². The maximum Gasteiger partial charge on any atom is 0.0620 e. The van der Waals surface area contributed by atoms with Gasteiger partial charge in [-0.3, -0.25) is 4.21 Å². The average molecular weight is 237 g/mol. The van der Waals surface area contributed by atoms with E-state index in [4.69, 9.17) is 5.73 Å². The summed E-state index contributed by atoms with van der Waals surface area (Å²) < 4.78 is 12.4. The van der Waals surface area contributed by atoms with Gasteiger partial charge in [0.2, 0.25) is 0 Å². The van der Waals surface area contributed by atoms with Crippen LogP contribution in [-0.2, 0) is 10.8 Å². The van der Waals surface area contributed by atoms with Crippen LogP contribution in [0.2, 0.25) is 0 Å². The zero-order valence-electron chi connectivity index (χ0n) is 9.52. The molecule has 2 nitrogen and oxygen atoms in total. The summed E-state index contributed by atoms with van der Waals surface area (Å²) in [5.41, 5.74) is 6.55. The number of hydrogen-bond acceptors (Lipinski definition) is 2. The molecular weight excluding hydrogens is 218 g/mol. The maximum atomic E-state index is 12.4. The Kier molecular flexibility index (Phi) is 3.99. The van der Waals surface area contributed by atoms with Gasteiger partial charge < -0.3 is 5.73 Å². The third-order valence-electron chi connectivity index (χ3n) is 3.24. The van der Waals surface area contributed by atoms with Gasteiger partial charge in [-0.25, -0.2) is 0 Å². The molecule has 1 aromatic carbocycles. The molecule has 0 aromatic heterocycles. The minimum atomic E-state index is -0.918. The van der Waals surface area contributed by atoms with E-state index in [-0.39, 0.29) is 0 Å². The van der Waals surface area contributed by atoms with Gasteiger partial charge in [0.25, 0.3) is 0 Å². The lowest BCUT2D eigenvalue weighted by Crippen LogP contribution is -2.15. The predicted octanol–water partition coefficient (Wildman–Crippen LogP) is 3.10. The molecule has 0 bridgehead atoms. The van der Waals surface area contributed by atoms with Crippen LogP contribution in [0.15, 0.2) is 29.2 Å². The summed E-state index contributed by atoms with van der Waals surface area (Å²) in [5, 5.41) is 0.312. The normalized spacial score (nSPS) is 20.2. The summed E-state index contributed by atoms with van der Waals surface area (Å²) in [6.45, 7) is 0. The highest BCUT2D eigenvalue weighted by molar-refractivity contribution is 7.85. The first-order valence-electron chi connectivity index (χ1n) is 6.04. The highest BCUT2D eigenvalue weighted by Gasteiger charge is 2.21. The number of hydrogen-bond donors (Lipinski definition) is 1. The van der Waals surface area contributed by atoms with Crippen molar-refractivity contribution in [1.82, 2.24) is 0 Å².